The lowest BCUT2D eigenvalue weighted by atomic mass is 9.86. The molecule has 0 N–H and O–H groups in total. The molecule has 0 radical (unpaired) electrons. The van der Waals surface area contributed by atoms with E-state index in [-0.39, 0.29) is 5.92 Å². The summed E-state index contributed by atoms with van der Waals surface area (Å²) in [6.45, 7) is 0. The second-order valence-corrected chi connectivity index (χ2v) is 6.42. The summed E-state index contributed by atoms with van der Waals surface area (Å²) >= 11 is 0. The highest BCUT2D eigenvalue weighted by molar-refractivity contribution is 6.14. The summed E-state index contributed by atoms with van der Waals surface area (Å²) in [7, 11) is 0. The first-order chi connectivity index (χ1) is 11.3. The van der Waals surface area contributed by atoms with Crippen molar-refractivity contribution in [2.75, 3.05) is 0 Å². The minimum atomic E-state index is 0.197. The molecule has 0 amide bonds. The molecule has 0 aromatic heterocycles. The molecular formula is C22H20O. The molecule has 23 heavy (non-hydrogen) atoms. The molecule has 1 aliphatic rings. The van der Waals surface area contributed by atoms with Crippen molar-refractivity contribution in [2.45, 2.75) is 25.7 Å². The van der Waals surface area contributed by atoms with E-state index in [1.807, 2.05) is 30.3 Å². The Morgan fingerprint density at radius 1 is 0.783 bits per heavy atom. The maximum atomic E-state index is 13.3. The standard InChI is InChI=1S/C22H20O/c23-22(18-11-4-5-12-18)21-19-13-7-6-10-17(19)14-15-20(21)16-8-2-1-3-9-16/h1-3,6-10,13-15,18H,4-5,11-12H2. The Labute approximate surface area is 137 Å². The van der Waals surface area contributed by atoms with Gasteiger partial charge in [-0.3, -0.25) is 4.79 Å². The number of carbonyl (C=O) groups is 1. The van der Waals surface area contributed by atoms with E-state index >= 15 is 0 Å². The molecule has 114 valence electrons. The molecule has 0 unspecified atom stereocenters. The quantitative estimate of drug-likeness (QED) is 0.552. The molecule has 3 aromatic carbocycles. The molecule has 0 bridgehead atoms. The zero-order valence-electron chi connectivity index (χ0n) is 13.2. The van der Waals surface area contributed by atoms with Gasteiger partial charge >= 0.3 is 0 Å². The van der Waals surface area contributed by atoms with Gasteiger partial charge in [0, 0.05) is 11.5 Å². The number of fused-ring (bicyclic) bond motifs is 1. The zero-order valence-corrected chi connectivity index (χ0v) is 13.2. The van der Waals surface area contributed by atoms with Crippen LogP contribution in [0.15, 0.2) is 66.7 Å². The fourth-order valence-electron chi connectivity index (χ4n) is 3.79. The average molecular weight is 300 g/mol. The van der Waals surface area contributed by atoms with Gasteiger partial charge in [-0.25, -0.2) is 0 Å². The highest BCUT2D eigenvalue weighted by Gasteiger charge is 2.27. The highest BCUT2D eigenvalue weighted by Crippen LogP contribution is 2.36. The Bertz CT molecular complexity index is 842. The van der Waals surface area contributed by atoms with Gasteiger partial charge in [0.2, 0.25) is 0 Å². The average Bonchev–Trinajstić information content (AvgIpc) is 3.15. The third-order valence-corrected chi connectivity index (χ3v) is 4.99. The van der Waals surface area contributed by atoms with Gasteiger partial charge in [0.1, 0.15) is 0 Å². The highest BCUT2D eigenvalue weighted by atomic mass is 16.1. The lowest BCUT2D eigenvalue weighted by molar-refractivity contribution is 0.0925. The third kappa shape index (κ3) is 2.57. The van der Waals surface area contributed by atoms with Gasteiger partial charge in [-0.05, 0) is 34.7 Å². The van der Waals surface area contributed by atoms with E-state index in [0.717, 1.165) is 40.3 Å². The number of hydrogen-bond donors (Lipinski definition) is 0. The normalized spacial score (nSPS) is 15.1. The molecule has 0 spiro atoms. The van der Waals surface area contributed by atoms with Gasteiger partial charge < -0.3 is 0 Å². The molecule has 0 saturated heterocycles. The fraction of sp³-hybridized carbons (Fsp3) is 0.227. The van der Waals surface area contributed by atoms with Gasteiger partial charge in [-0.1, -0.05) is 79.6 Å². The van der Waals surface area contributed by atoms with Crippen molar-refractivity contribution in [3.8, 4) is 11.1 Å². The summed E-state index contributed by atoms with van der Waals surface area (Å²) in [5, 5.41) is 2.24. The molecular weight excluding hydrogens is 280 g/mol. The van der Waals surface area contributed by atoms with E-state index in [1.54, 1.807) is 0 Å². The molecule has 1 fully saturated rings. The fourth-order valence-corrected chi connectivity index (χ4v) is 3.79. The van der Waals surface area contributed by atoms with Crippen LogP contribution in [0.4, 0.5) is 0 Å². The first-order valence-corrected chi connectivity index (χ1v) is 8.46. The second kappa shape index (κ2) is 6.00. The van der Waals surface area contributed by atoms with Crippen LogP contribution in [0.2, 0.25) is 0 Å². The largest absolute Gasteiger partial charge is 0.294 e. The van der Waals surface area contributed by atoms with Crippen LogP contribution in [0.1, 0.15) is 36.0 Å². The number of hydrogen-bond acceptors (Lipinski definition) is 1. The van der Waals surface area contributed by atoms with Crippen molar-refractivity contribution in [1.82, 2.24) is 0 Å². The number of rotatable bonds is 3. The van der Waals surface area contributed by atoms with Crippen LogP contribution in [0.5, 0.6) is 0 Å². The predicted molar refractivity (Wildman–Crippen MR) is 95.7 cm³/mol. The van der Waals surface area contributed by atoms with E-state index in [9.17, 15) is 4.79 Å². The Balaban J connectivity index is 1.95. The van der Waals surface area contributed by atoms with E-state index in [4.69, 9.17) is 0 Å². The zero-order chi connectivity index (χ0) is 15.6. The summed E-state index contributed by atoms with van der Waals surface area (Å²) in [6.07, 6.45) is 4.44. The van der Waals surface area contributed by atoms with Gasteiger partial charge in [0.25, 0.3) is 0 Å². The van der Waals surface area contributed by atoms with Crippen LogP contribution in [0.25, 0.3) is 21.9 Å². The van der Waals surface area contributed by atoms with Gasteiger partial charge in [0.15, 0.2) is 5.78 Å². The Hall–Kier alpha value is -2.41. The molecule has 1 nitrogen and oxygen atoms in total. The summed E-state index contributed by atoms with van der Waals surface area (Å²) < 4.78 is 0. The lowest BCUT2D eigenvalue weighted by Crippen LogP contribution is -2.13. The Morgan fingerprint density at radius 3 is 2.26 bits per heavy atom. The summed E-state index contributed by atoms with van der Waals surface area (Å²) in [4.78, 5) is 13.3. The van der Waals surface area contributed by atoms with E-state index in [1.165, 1.54) is 12.8 Å². The summed E-state index contributed by atoms with van der Waals surface area (Å²) in [5.74, 6) is 0.529. The first kappa shape index (κ1) is 14.2. The van der Waals surface area contributed by atoms with Crippen LogP contribution in [-0.4, -0.2) is 5.78 Å². The number of benzene rings is 3. The van der Waals surface area contributed by atoms with Crippen LogP contribution in [0.3, 0.4) is 0 Å². The number of ketones is 1. The Kier molecular flexibility index (Phi) is 3.70. The predicted octanol–water partition coefficient (Wildman–Crippen LogP) is 5.88. The van der Waals surface area contributed by atoms with Crippen molar-refractivity contribution < 1.29 is 4.79 Å². The van der Waals surface area contributed by atoms with Crippen molar-refractivity contribution in [3.63, 3.8) is 0 Å². The van der Waals surface area contributed by atoms with Crippen molar-refractivity contribution in [1.29, 1.82) is 0 Å². The van der Waals surface area contributed by atoms with Crippen molar-refractivity contribution in [3.05, 3.63) is 72.3 Å². The van der Waals surface area contributed by atoms with Crippen LogP contribution in [-0.2, 0) is 0 Å². The van der Waals surface area contributed by atoms with Crippen molar-refractivity contribution in [2.24, 2.45) is 5.92 Å². The maximum Gasteiger partial charge on any atom is 0.167 e. The monoisotopic (exact) mass is 300 g/mol. The smallest absolute Gasteiger partial charge is 0.167 e. The Morgan fingerprint density at radius 2 is 1.48 bits per heavy atom. The van der Waals surface area contributed by atoms with E-state index in [0.29, 0.717) is 5.78 Å². The SMILES string of the molecule is O=C(c1c(-c2ccccc2)ccc2ccccc12)C1CCCC1. The summed E-state index contributed by atoms with van der Waals surface area (Å²) in [5.41, 5.74) is 3.11. The molecule has 0 heterocycles. The van der Waals surface area contributed by atoms with Crippen LogP contribution < -0.4 is 0 Å². The molecule has 4 rings (SSSR count). The summed E-state index contributed by atoms with van der Waals surface area (Å²) in [6, 6.07) is 22.8. The topological polar surface area (TPSA) is 17.1 Å². The van der Waals surface area contributed by atoms with E-state index in [2.05, 4.69) is 36.4 Å². The van der Waals surface area contributed by atoms with E-state index < -0.39 is 0 Å². The second-order valence-electron chi connectivity index (χ2n) is 6.42. The van der Waals surface area contributed by atoms with Crippen molar-refractivity contribution >= 4 is 16.6 Å². The first-order valence-electron chi connectivity index (χ1n) is 8.46. The maximum absolute atomic E-state index is 13.3. The van der Waals surface area contributed by atoms with Crippen LogP contribution in [0, 0.1) is 5.92 Å². The molecule has 1 heteroatoms. The van der Waals surface area contributed by atoms with Crippen LogP contribution >= 0.6 is 0 Å². The molecule has 0 atom stereocenters. The minimum Gasteiger partial charge on any atom is -0.294 e. The van der Waals surface area contributed by atoms with Gasteiger partial charge in [-0.2, -0.15) is 0 Å². The third-order valence-electron chi connectivity index (χ3n) is 4.99. The van der Waals surface area contributed by atoms with Gasteiger partial charge in [-0.15, -0.1) is 0 Å². The lowest BCUT2D eigenvalue weighted by Gasteiger charge is -2.16. The van der Waals surface area contributed by atoms with Gasteiger partial charge in [0.05, 0.1) is 0 Å². The molecule has 1 saturated carbocycles. The number of Topliss-reactive ketones (excluding diaryl/α,β-unsaturated/α-hetero) is 1. The number of carbonyl (C=O) groups excluding carboxylic acids is 1. The molecule has 1 aliphatic carbocycles. The molecule has 3 aromatic rings. The minimum absolute atomic E-state index is 0.197. The molecule has 0 aliphatic heterocycles.